The average Bonchev–Trinajstić information content (AvgIpc) is 2.62. The Bertz CT molecular complexity index is 946. The molecule has 0 fully saturated rings. The Morgan fingerprint density at radius 1 is 1.11 bits per heavy atom. The Kier molecular flexibility index (Phi) is 6.56. The molecule has 8 nitrogen and oxygen atoms in total. The molecule has 0 spiro atoms. The van der Waals surface area contributed by atoms with Crippen molar-refractivity contribution in [2.75, 3.05) is 11.9 Å². The van der Waals surface area contributed by atoms with E-state index in [1.807, 2.05) is 6.92 Å². The van der Waals surface area contributed by atoms with Gasteiger partial charge in [0.15, 0.2) is 5.78 Å². The van der Waals surface area contributed by atoms with Gasteiger partial charge in [-0.3, -0.25) is 4.79 Å². The monoisotopic (exact) mass is 388 g/mol. The van der Waals surface area contributed by atoms with Crippen LogP contribution >= 0.6 is 0 Å². The fourth-order valence-electron chi connectivity index (χ4n) is 2.11. The van der Waals surface area contributed by atoms with Crippen molar-refractivity contribution in [3.05, 3.63) is 66.4 Å². The van der Waals surface area contributed by atoms with Crippen molar-refractivity contribution in [2.45, 2.75) is 11.8 Å². The zero-order chi connectivity index (χ0) is 19.9. The van der Waals surface area contributed by atoms with Crippen molar-refractivity contribution in [3.63, 3.8) is 0 Å². The molecule has 0 radical (unpaired) electrons. The quantitative estimate of drug-likeness (QED) is 0.272. The fourth-order valence-corrected chi connectivity index (χ4v) is 2.97. The predicted octanol–water partition coefficient (Wildman–Crippen LogP) is 1.86. The number of sulfonamides is 1. The molecule has 27 heavy (non-hydrogen) atoms. The smallest absolute Gasteiger partial charge is 0.285 e. The van der Waals surface area contributed by atoms with Gasteiger partial charge in [0.1, 0.15) is 5.75 Å². The highest BCUT2D eigenvalue weighted by Gasteiger charge is 2.12. The molecule has 0 aliphatic carbocycles. The second-order valence-electron chi connectivity index (χ2n) is 5.31. The third-order valence-electron chi connectivity index (χ3n) is 3.31. The minimum absolute atomic E-state index is 0.0455. The topological polar surface area (TPSA) is 137 Å². The van der Waals surface area contributed by atoms with Gasteiger partial charge in [0.25, 0.3) is 10.0 Å². The molecule has 9 heteroatoms. The highest BCUT2D eigenvalue weighted by atomic mass is 32.2. The summed E-state index contributed by atoms with van der Waals surface area (Å²) in [4.78, 5) is 12.1. The number of hydrogen-bond donors (Lipinski definition) is 3. The van der Waals surface area contributed by atoms with E-state index in [2.05, 4.69) is 9.71 Å². The summed E-state index contributed by atoms with van der Waals surface area (Å²) in [6, 6.07) is 12.6. The van der Waals surface area contributed by atoms with Gasteiger partial charge in [0, 0.05) is 23.5 Å². The van der Waals surface area contributed by atoms with Crippen molar-refractivity contribution >= 4 is 27.5 Å². The zero-order valence-corrected chi connectivity index (χ0v) is 15.4. The van der Waals surface area contributed by atoms with Crippen LogP contribution in [0.2, 0.25) is 0 Å². The molecule has 0 amide bonds. The lowest BCUT2D eigenvalue weighted by Crippen LogP contribution is -2.24. The standard InChI is InChI=1S/C18H20N4O4S/c1-2-26-15-7-3-13(4-8-15)17(23)11-12-21-14-5-9-16(10-6-14)27(24,25)22-18(19)20/h3-12,21H,2H2,1H3,(H4,19,20,22)/b12-11+. The first kappa shape index (κ1) is 20.0. The number of rotatable bonds is 8. The van der Waals surface area contributed by atoms with Crippen LogP contribution < -0.4 is 21.5 Å². The number of hydrogen-bond acceptors (Lipinski definition) is 5. The van der Waals surface area contributed by atoms with Gasteiger partial charge < -0.3 is 21.5 Å². The number of allylic oxidation sites excluding steroid dienone is 1. The van der Waals surface area contributed by atoms with Crippen LogP contribution in [0, 0.1) is 0 Å². The first-order chi connectivity index (χ1) is 12.8. The Hall–Kier alpha value is -3.33. The molecule has 0 bridgehead atoms. The maximum atomic E-state index is 12.1. The van der Waals surface area contributed by atoms with E-state index in [1.165, 1.54) is 36.5 Å². The molecular weight excluding hydrogens is 368 g/mol. The van der Waals surface area contributed by atoms with E-state index < -0.39 is 16.0 Å². The van der Waals surface area contributed by atoms with Crippen LogP contribution in [0.5, 0.6) is 5.75 Å². The van der Waals surface area contributed by atoms with Crippen LogP contribution in [0.25, 0.3) is 0 Å². The maximum absolute atomic E-state index is 12.1. The van der Waals surface area contributed by atoms with E-state index >= 15 is 0 Å². The fraction of sp³-hybridized carbons (Fsp3) is 0.111. The summed E-state index contributed by atoms with van der Waals surface area (Å²) >= 11 is 0. The second-order valence-corrected chi connectivity index (χ2v) is 6.92. The van der Waals surface area contributed by atoms with Crippen molar-refractivity contribution in [1.82, 2.24) is 0 Å². The van der Waals surface area contributed by atoms with Crippen LogP contribution in [0.1, 0.15) is 17.3 Å². The van der Waals surface area contributed by atoms with Crippen molar-refractivity contribution in [3.8, 4) is 5.75 Å². The summed E-state index contributed by atoms with van der Waals surface area (Å²) in [6.07, 6.45) is 2.85. The molecule has 5 N–H and O–H groups in total. The molecule has 0 aliphatic heterocycles. The molecule has 0 unspecified atom stereocenters. The zero-order valence-electron chi connectivity index (χ0n) is 14.6. The minimum atomic E-state index is -3.93. The molecule has 0 aliphatic rings. The number of ketones is 1. The van der Waals surface area contributed by atoms with Gasteiger partial charge in [-0.15, -0.1) is 4.40 Å². The summed E-state index contributed by atoms with van der Waals surface area (Å²) in [5.41, 5.74) is 11.3. The molecule has 0 saturated heterocycles. The Morgan fingerprint density at radius 3 is 2.30 bits per heavy atom. The number of ether oxygens (including phenoxy) is 1. The molecule has 2 aromatic carbocycles. The van der Waals surface area contributed by atoms with Crippen LogP contribution in [0.4, 0.5) is 5.69 Å². The van der Waals surface area contributed by atoms with Crippen molar-refractivity contribution in [2.24, 2.45) is 15.9 Å². The Labute approximate surface area is 157 Å². The Morgan fingerprint density at radius 2 is 1.74 bits per heavy atom. The number of nitrogens with zero attached hydrogens (tertiary/aromatic N) is 1. The Balaban J connectivity index is 1.99. The van der Waals surface area contributed by atoms with Crippen molar-refractivity contribution < 1.29 is 17.9 Å². The second kappa shape index (κ2) is 8.86. The molecule has 0 aromatic heterocycles. The van der Waals surface area contributed by atoms with Gasteiger partial charge in [-0.25, -0.2) is 0 Å². The molecule has 0 saturated carbocycles. The molecule has 0 heterocycles. The maximum Gasteiger partial charge on any atom is 0.285 e. The summed E-state index contributed by atoms with van der Waals surface area (Å²) in [5.74, 6) is -0.0163. The molecule has 142 valence electrons. The number of carbonyl (C=O) groups excluding carboxylic acids is 1. The highest BCUT2D eigenvalue weighted by molar-refractivity contribution is 7.90. The van der Waals surface area contributed by atoms with Gasteiger partial charge in [-0.05, 0) is 55.5 Å². The largest absolute Gasteiger partial charge is 0.494 e. The van der Waals surface area contributed by atoms with Gasteiger partial charge in [-0.1, -0.05) is 0 Å². The average molecular weight is 388 g/mol. The number of guanidine groups is 1. The molecule has 2 rings (SSSR count). The molecule has 0 atom stereocenters. The SMILES string of the molecule is CCOc1ccc(C(=O)/C=C/Nc2ccc(S(=O)(=O)N=C(N)N)cc2)cc1. The lowest BCUT2D eigenvalue weighted by Gasteiger charge is -2.04. The minimum Gasteiger partial charge on any atom is -0.494 e. The number of carbonyl (C=O) groups is 1. The van der Waals surface area contributed by atoms with Crippen LogP contribution in [-0.2, 0) is 10.0 Å². The third-order valence-corrected chi connectivity index (χ3v) is 4.63. The number of anilines is 1. The third kappa shape index (κ3) is 5.86. The normalized spacial score (nSPS) is 11.1. The number of nitrogens with one attached hydrogen (secondary N) is 1. The summed E-state index contributed by atoms with van der Waals surface area (Å²) in [6.45, 7) is 2.44. The lowest BCUT2D eigenvalue weighted by atomic mass is 10.1. The van der Waals surface area contributed by atoms with Crippen LogP contribution in [0.3, 0.4) is 0 Å². The molecular formula is C18H20N4O4S. The van der Waals surface area contributed by atoms with E-state index in [0.29, 0.717) is 23.6 Å². The number of benzene rings is 2. The van der Waals surface area contributed by atoms with Gasteiger partial charge >= 0.3 is 0 Å². The van der Waals surface area contributed by atoms with E-state index in [-0.39, 0.29) is 10.7 Å². The van der Waals surface area contributed by atoms with Crippen LogP contribution in [-0.4, -0.2) is 26.8 Å². The van der Waals surface area contributed by atoms with Gasteiger partial charge in [0.2, 0.25) is 5.96 Å². The highest BCUT2D eigenvalue weighted by Crippen LogP contribution is 2.16. The van der Waals surface area contributed by atoms with E-state index in [0.717, 1.165) is 0 Å². The van der Waals surface area contributed by atoms with E-state index in [4.69, 9.17) is 16.2 Å². The summed E-state index contributed by atoms with van der Waals surface area (Å²) in [5, 5.41) is 2.89. The first-order valence-electron chi connectivity index (χ1n) is 7.98. The van der Waals surface area contributed by atoms with Gasteiger partial charge in [0.05, 0.1) is 11.5 Å². The van der Waals surface area contributed by atoms with E-state index in [1.54, 1.807) is 24.3 Å². The van der Waals surface area contributed by atoms with E-state index in [9.17, 15) is 13.2 Å². The summed E-state index contributed by atoms with van der Waals surface area (Å²) < 4.78 is 32.2. The molecule has 2 aromatic rings. The predicted molar refractivity (Wildman–Crippen MR) is 104 cm³/mol. The van der Waals surface area contributed by atoms with Crippen LogP contribution in [0.15, 0.2) is 70.1 Å². The summed E-state index contributed by atoms with van der Waals surface area (Å²) in [7, 11) is -3.93. The van der Waals surface area contributed by atoms with Gasteiger partial charge in [-0.2, -0.15) is 8.42 Å². The van der Waals surface area contributed by atoms with Crippen molar-refractivity contribution in [1.29, 1.82) is 0 Å². The number of nitrogens with two attached hydrogens (primary N) is 2. The first-order valence-corrected chi connectivity index (χ1v) is 9.42. The lowest BCUT2D eigenvalue weighted by molar-refractivity contribution is 0.104.